The number of benzene rings is 2. The Hall–Kier alpha value is -4.80. The SMILES string of the molecule is CC(C)C1C(=O)N(CC(=O)NC(Cc2ccccc2)C(=O)C(F)(F)F)C(c2ccccc2)=CN1C(=O)c1ccc[n+](C)c1. The van der Waals surface area contributed by atoms with Crippen LogP contribution in [0.2, 0.25) is 0 Å². The number of Topliss-reactive ketones (excluding diaryl/α,β-unsaturated/α-hetero) is 1. The molecule has 0 saturated heterocycles. The summed E-state index contributed by atoms with van der Waals surface area (Å²) in [5.74, 6) is -4.44. The van der Waals surface area contributed by atoms with Crippen molar-refractivity contribution in [3.8, 4) is 0 Å². The van der Waals surface area contributed by atoms with Crippen LogP contribution in [0.25, 0.3) is 5.70 Å². The van der Waals surface area contributed by atoms with E-state index in [9.17, 15) is 32.3 Å². The number of hydrogen-bond acceptors (Lipinski definition) is 4. The van der Waals surface area contributed by atoms with Crippen molar-refractivity contribution in [3.63, 3.8) is 0 Å². The number of alkyl halides is 3. The molecule has 2 aromatic carbocycles. The minimum absolute atomic E-state index is 0.216. The van der Waals surface area contributed by atoms with Crippen molar-refractivity contribution in [1.29, 1.82) is 0 Å². The molecule has 1 aromatic heterocycles. The summed E-state index contributed by atoms with van der Waals surface area (Å²) in [6.45, 7) is 2.85. The first-order valence-electron chi connectivity index (χ1n) is 13.7. The van der Waals surface area contributed by atoms with Gasteiger partial charge in [-0.25, -0.2) is 4.57 Å². The first-order chi connectivity index (χ1) is 20.4. The zero-order valence-electron chi connectivity index (χ0n) is 23.9. The maximum Gasteiger partial charge on any atom is 0.452 e. The molecule has 3 aromatic rings. The molecule has 2 atom stereocenters. The lowest BCUT2D eigenvalue weighted by atomic mass is 9.96. The van der Waals surface area contributed by atoms with Gasteiger partial charge < -0.3 is 5.32 Å². The first-order valence-corrected chi connectivity index (χ1v) is 13.7. The van der Waals surface area contributed by atoms with Crippen LogP contribution in [-0.2, 0) is 27.9 Å². The minimum Gasteiger partial charge on any atom is -0.344 e. The lowest BCUT2D eigenvalue weighted by molar-refractivity contribution is -0.671. The lowest BCUT2D eigenvalue weighted by Gasteiger charge is -2.41. The zero-order valence-corrected chi connectivity index (χ0v) is 23.9. The normalized spacial score (nSPS) is 16.1. The van der Waals surface area contributed by atoms with Gasteiger partial charge in [0.2, 0.25) is 5.91 Å². The number of halogens is 3. The predicted molar refractivity (Wildman–Crippen MR) is 152 cm³/mol. The second-order valence-electron chi connectivity index (χ2n) is 10.6. The number of hydrogen-bond donors (Lipinski definition) is 1. The van der Waals surface area contributed by atoms with Gasteiger partial charge in [-0.1, -0.05) is 74.5 Å². The monoisotopic (exact) mass is 593 g/mol. The van der Waals surface area contributed by atoms with Gasteiger partial charge in [0.05, 0.1) is 5.70 Å². The summed E-state index contributed by atoms with van der Waals surface area (Å²) < 4.78 is 42.1. The van der Waals surface area contributed by atoms with Gasteiger partial charge in [-0.05, 0) is 23.1 Å². The zero-order chi connectivity index (χ0) is 31.3. The molecular weight excluding hydrogens is 561 g/mol. The Morgan fingerprint density at radius 1 is 0.953 bits per heavy atom. The molecule has 0 aliphatic carbocycles. The quantitative estimate of drug-likeness (QED) is 0.384. The molecular formula is C32H32F3N4O4+. The van der Waals surface area contributed by atoms with Crippen LogP contribution in [0, 0.1) is 5.92 Å². The highest BCUT2D eigenvalue weighted by atomic mass is 19.4. The van der Waals surface area contributed by atoms with Gasteiger partial charge in [0, 0.05) is 18.7 Å². The van der Waals surface area contributed by atoms with Gasteiger partial charge >= 0.3 is 6.18 Å². The van der Waals surface area contributed by atoms with E-state index < -0.39 is 48.3 Å². The molecule has 0 bridgehead atoms. The summed E-state index contributed by atoms with van der Waals surface area (Å²) in [6.07, 6.45) is -0.679. The van der Waals surface area contributed by atoms with Crippen LogP contribution in [0.15, 0.2) is 91.4 Å². The van der Waals surface area contributed by atoms with E-state index in [1.165, 1.54) is 11.1 Å². The molecule has 4 rings (SSSR count). The molecule has 8 nitrogen and oxygen atoms in total. The predicted octanol–water partition coefficient (Wildman–Crippen LogP) is 3.68. The third kappa shape index (κ3) is 7.35. The first kappa shape index (κ1) is 31.1. The number of carbonyl (C=O) groups excluding carboxylic acids is 4. The van der Waals surface area contributed by atoms with Crippen LogP contribution in [0.4, 0.5) is 13.2 Å². The second-order valence-corrected chi connectivity index (χ2v) is 10.6. The van der Waals surface area contributed by atoms with Crippen molar-refractivity contribution in [2.24, 2.45) is 13.0 Å². The van der Waals surface area contributed by atoms with Gasteiger partial charge in [-0.2, -0.15) is 13.2 Å². The van der Waals surface area contributed by atoms with Crippen LogP contribution in [0.3, 0.4) is 0 Å². The molecule has 3 amide bonds. The summed E-state index contributed by atoms with van der Waals surface area (Å²) >= 11 is 0. The Balaban J connectivity index is 1.70. The summed E-state index contributed by atoms with van der Waals surface area (Å²) in [4.78, 5) is 55.8. The third-order valence-corrected chi connectivity index (χ3v) is 7.01. The second kappa shape index (κ2) is 13.0. The number of pyridine rings is 1. The number of ketones is 1. The maximum atomic E-state index is 14.0. The molecule has 0 fully saturated rings. The standard InChI is InChI=1S/C32H31F3N4O4/c1-21(2)28-31(43)38(20-27(40)36-25(29(41)32(33,34)35)17-22-11-6-4-7-12-22)26(23-13-8-5-9-14-23)19-39(28)30(42)24-15-10-16-37(3)18-24/h4-16,18-19,21,25,28H,17,20H2,1-3H3/p+1. The molecule has 0 spiro atoms. The van der Waals surface area contributed by atoms with E-state index >= 15 is 0 Å². The molecule has 1 aliphatic rings. The lowest BCUT2D eigenvalue weighted by Crippen LogP contribution is -2.57. The van der Waals surface area contributed by atoms with Crippen molar-refractivity contribution < 1.29 is 36.9 Å². The Morgan fingerprint density at radius 2 is 1.58 bits per heavy atom. The van der Waals surface area contributed by atoms with Crippen molar-refractivity contribution >= 4 is 29.2 Å². The number of rotatable bonds is 9. The summed E-state index contributed by atoms with van der Waals surface area (Å²) in [5, 5.41) is 2.21. The van der Waals surface area contributed by atoms with Crippen LogP contribution in [0.5, 0.6) is 0 Å². The van der Waals surface area contributed by atoms with Crippen LogP contribution < -0.4 is 9.88 Å². The number of carbonyl (C=O) groups is 4. The highest BCUT2D eigenvalue weighted by molar-refractivity contribution is 6.04. The average molecular weight is 594 g/mol. The van der Waals surface area contributed by atoms with Gasteiger partial charge in [0.1, 0.15) is 31.2 Å². The van der Waals surface area contributed by atoms with Crippen LogP contribution in [-0.4, -0.2) is 58.1 Å². The van der Waals surface area contributed by atoms with Gasteiger partial charge in [-0.15, -0.1) is 0 Å². The smallest absolute Gasteiger partial charge is 0.344 e. The molecule has 0 radical (unpaired) electrons. The highest BCUT2D eigenvalue weighted by Crippen LogP contribution is 2.31. The maximum absolute atomic E-state index is 14.0. The van der Waals surface area contributed by atoms with Crippen molar-refractivity contribution in [3.05, 3.63) is 108 Å². The minimum atomic E-state index is -5.18. The molecule has 43 heavy (non-hydrogen) atoms. The Bertz CT molecular complexity index is 1520. The summed E-state index contributed by atoms with van der Waals surface area (Å²) in [5.41, 5.74) is 1.49. The van der Waals surface area contributed by atoms with Crippen molar-refractivity contribution in [1.82, 2.24) is 15.1 Å². The van der Waals surface area contributed by atoms with Gasteiger partial charge in [0.15, 0.2) is 12.4 Å². The fourth-order valence-electron chi connectivity index (χ4n) is 4.98. The molecule has 2 unspecified atom stereocenters. The molecule has 224 valence electrons. The Kier molecular flexibility index (Phi) is 9.43. The van der Waals surface area contributed by atoms with Crippen molar-refractivity contribution in [2.75, 3.05) is 6.54 Å². The average Bonchev–Trinajstić information content (AvgIpc) is 2.97. The van der Waals surface area contributed by atoms with Gasteiger partial charge in [0.25, 0.3) is 17.6 Å². The number of amides is 3. The van der Waals surface area contributed by atoms with E-state index in [1.807, 2.05) is 0 Å². The van der Waals surface area contributed by atoms with Crippen LogP contribution >= 0.6 is 0 Å². The van der Waals surface area contributed by atoms with E-state index in [0.717, 1.165) is 4.90 Å². The van der Waals surface area contributed by atoms with Crippen molar-refractivity contribution in [2.45, 2.75) is 38.5 Å². The third-order valence-electron chi connectivity index (χ3n) is 7.01. The molecule has 11 heteroatoms. The van der Waals surface area contributed by atoms with E-state index in [2.05, 4.69) is 5.32 Å². The molecule has 1 N–H and O–H groups in total. The van der Waals surface area contributed by atoms with E-state index in [-0.39, 0.29) is 18.0 Å². The van der Waals surface area contributed by atoms with E-state index in [0.29, 0.717) is 16.7 Å². The number of aryl methyl sites for hydroxylation is 1. The van der Waals surface area contributed by atoms with E-state index in [4.69, 9.17) is 0 Å². The fraction of sp³-hybridized carbons (Fsp3) is 0.281. The molecule has 1 aliphatic heterocycles. The molecule has 0 saturated carbocycles. The largest absolute Gasteiger partial charge is 0.452 e. The van der Waals surface area contributed by atoms with Crippen LogP contribution in [0.1, 0.15) is 35.3 Å². The molecule has 2 heterocycles. The number of aromatic nitrogens is 1. The number of nitrogens with zero attached hydrogens (tertiary/aromatic N) is 3. The fourth-order valence-corrected chi connectivity index (χ4v) is 4.98. The summed E-state index contributed by atoms with van der Waals surface area (Å²) in [6, 6.07) is 17.0. The summed E-state index contributed by atoms with van der Waals surface area (Å²) in [7, 11) is 1.76. The number of nitrogens with one attached hydrogen (secondary N) is 1. The topological polar surface area (TPSA) is 90.7 Å². The highest BCUT2D eigenvalue weighted by Gasteiger charge is 2.45. The van der Waals surface area contributed by atoms with Gasteiger partial charge in [-0.3, -0.25) is 29.0 Å². The Morgan fingerprint density at radius 3 is 2.16 bits per heavy atom. The Labute approximate surface area is 247 Å². The van der Waals surface area contributed by atoms with E-state index in [1.54, 1.807) is 111 Å².